The summed E-state index contributed by atoms with van der Waals surface area (Å²) >= 11 is 0. The third-order valence-electron chi connectivity index (χ3n) is 3.84. The van der Waals surface area contributed by atoms with Gasteiger partial charge in [0, 0.05) is 25.7 Å². The van der Waals surface area contributed by atoms with Crippen molar-refractivity contribution in [1.82, 2.24) is 9.62 Å². The zero-order chi connectivity index (χ0) is 16.7. The standard InChI is InChI=1S/C14H18F2N2O4S/c1-23(19,20)17-11-4-6-18(7-5-11)9-10-2-3-12-13(8-10)22-14(15,16)21-12/h2-3,8,11,17H,4-7,9H2,1H3. The van der Waals surface area contributed by atoms with Gasteiger partial charge in [0.05, 0.1) is 6.26 Å². The zero-order valence-corrected chi connectivity index (χ0v) is 13.4. The first-order valence-corrected chi connectivity index (χ1v) is 9.18. The first kappa shape index (κ1) is 16.4. The fourth-order valence-corrected chi connectivity index (χ4v) is 3.70. The molecule has 2 heterocycles. The number of hydrogen-bond donors (Lipinski definition) is 1. The summed E-state index contributed by atoms with van der Waals surface area (Å²) in [6.45, 7) is 2.06. The van der Waals surface area contributed by atoms with Gasteiger partial charge in [0.2, 0.25) is 10.0 Å². The molecule has 0 amide bonds. The Balaban J connectivity index is 1.56. The van der Waals surface area contributed by atoms with E-state index in [2.05, 4.69) is 19.1 Å². The number of fused-ring (bicyclic) bond motifs is 1. The molecule has 9 heteroatoms. The second-order valence-electron chi connectivity index (χ2n) is 5.89. The minimum absolute atomic E-state index is 0.0369. The second kappa shape index (κ2) is 5.88. The van der Waals surface area contributed by atoms with Crippen LogP contribution < -0.4 is 14.2 Å². The number of nitrogens with one attached hydrogen (secondary N) is 1. The van der Waals surface area contributed by atoms with Crippen LogP contribution in [0.4, 0.5) is 8.78 Å². The van der Waals surface area contributed by atoms with Crippen LogP contribution in [0.3, 0.4) is 0 Å². The summed E-state index contributed by atoms with van der Waals surface area (Å²) in [4.78, 5) is 2.15. The van der Waals surface area contributed by atoms with Crippen LogP contribution in [-0.2, 0) is 16.6 Å². The number of alkyl halides is 2. The van der Waals surface area contributed by atoms with Crippen LogP contribution in [0.1, 0.15) is 18.4 Å². The minimum atomic E-state index is -3.60. The summed E-state index contributed by atoms with van der Waals surface area (Å²) in [6.07, 6.45) is -1.01. The van der Waals surface area contributed by atoms with Gasteiger partial charge in [-0.2, -0.15) is 0 Å². The van der Waals surface area contributed by atoms with Crippen LogP contribution >= 0.6 is 0 Å². The fourth-order valence-electron chi connectivity index (χ4n) is 2.86. The lowest BCUT2D eigenvalue weighted by atomic mass is 10.1. The van der Waals surface area contributed by atoms with Gasteiger partial charge in [0.1, 0.15) is 0 Å². The van der Waals surface area contributed by atoms with Gasteiger partial charge in [-0.25, -0.2) is 13.1 Å². The van der Waals surface area contributed by atoms with E-state index in [1.807, 2.05) is 0 Å². The van der Waals surface area contributed by atoms with E-state index in [-0.39, 0.29) is 17.5 Å². The van der Waals surface area contributed by atoms with Crippen molar-refractivity contribution in [2.45, 2.75) is 31.7 Å². The molecule has 1 fully saturated rings. The van der Waals surface area contributed by atoms with Crippen molar-refractivity contribution >= 4 is 10.0 Å². The SMILES string of the molecule is CS(=O)(=O)NC1CCN(Cc2ccc3c(c2)OC(F)(F)O3)CC1. The average Bonchev–Trinajstić information content (AvgIpc) is 2.72. The number of piperidine rings is 1. The molecule has 0 aromatic heterocycles. The van der Waals surface area contributed by atoms with Gasteiger partial charge in [-0.1, -0.05) is 6.07 Å². The van der Waals surface area contributed by atoms with Crippen molar-refractivity contribution in [1.29, 1.82) is 0 Å². The number of ether oxygens (including phenoxy) is 2. The molecule has 0 bridgehead atoms. The van der Waals surface area contributed by atoms with E-state index in [9.17, 15) is 17.2 Å². The molecule has 1 aromatic carbocycles. The van der Waals surface area contributed by atoms with E-state index >= 15 is 0 Å². The van der Waals surface area contributed by atoms with Gasteiger partial charge in [-0.3, -0.25) is 4.90 Å². The van der Waals surface area contributed by atoms with Crippen LogP contribution in [0.2, 0.25) is 0 Å². The summed E-state index contributed by atoms with van der Waals surface area (Å²) in [7, 11) is -3.19. The van der Waals surface area contributed by atoms with Crippen molar-refractivity contribution < 1.29 is 26.7 Å². The number of rotatable bonds is 4. The van der Waals surface area contributed by atoms with E-state index < -0.39 is 16.3 Å². The molecule has 0 aliphatic carbocycles. The number of nitrogens with zero attached hydrogens (tertiary/aromatic N) is 1. The molecule has 1 saturated heterocycles. The van der Waals surface area contributed by atoms with Crippen molar-refractivity contribution in [3.63, 3.8) is 0 Å². The van der Waals surface area contributed by atoms with E-state index in [1.165, 1.54) is 6.07 Å². The molecule has 128 valence electrons. The molecule has 0 saturated carbocycles. The number of halogens is 2. The summed E-state index contributed by atoms with van der Waals surface area (Å²) < 4.78 is 59.9. The van der Waals surface area contributed by atoms with Crippen molar-refractivity contribution in [3.05, 3.63) is 23.8 Å². The summed E-state index contributed by atoms with van der Waals surface area (Å²) in [6, 6.07) is 4.71. The van der Waals surface area contributed by atoms with Gasteiger partial charge in [0.15, 0.2) is 11.5 Å². The van der Waals surface area contributed by atoms with E-state index in [0.717, 1.165) is 37.8 Å². The molecule has 0 radical (unpaired) electrons. The first-order chi connectivity index (χ1) is 10.7. The number of likely N-dealkylation sites (tertiary alicyclic amines) is 1. The second-order valence-corrected chi connectivity index (χ2v) is 7.67. The average molecular weight is 348 g/mol. The molecular formula is C14H18F2N2O4S. The predicted octanol–water partition coefficient (Wildman–Crippen LogP) is 1.52. The summed E-state index contributed by atoms with van der Waals surface area (Å²) in [5, 5.41) is 0. The monoisotopic (exact) mass is 348 g/mol. The molecule has 1 N–H and O–H groups in total. The molecule has 2 aliphatic heterocycles. The Hall–Kier alpha value is -1.45. The molecule has 0 atom stereocenters. The van der Waals surface area contributed by atoms with E-state index in [1.54, 1.807) is 12.1 Å². The van der Waals surface area contributed by atoms with E-state index in [4.69, 9.17) is 0 Å². The maximum Gasteiger partial charge on any atom is 0.586 e. The third-order valence-corrected chi connectivity index (χ3v) is 4.60. The number of hydrogen-bond acceptors (Lipinski definition) is 5. The lowest BCUT2D eigenvalue weighted by Crippen LogP contribution is -2.43. The quantitative estimate of drug-likeness (QED) is 0.894. The highest BCUT2D eigenvalue weighted by Gasteiger charge is 2.43. The molecule has 2 aliphatic rings. The van der Waals surface area contributed by atoms with Crippen molar-refractivity contribution in [2.24, 2.45) is 0 Å². The van der Waals surface area contributed by atoms with Gasteiger partial charge in [-0.15, -0.1) is 8.78 Å². The van der Waals surface area contributed by atoms with Crippen molar-refractivity contribution in [2.75, 3.05) is 19.3 Å². The Bertz CT molecular complexity index is 688. The summed E-state index contributed by atoms with van der Waals surface area (Å²) in [5.41, 5.74) is 0.847. The topological polar surface area (TPSA) is 67.9 Å². The number of sulfonamides is 1. The molecule has 1 aromatic rings. The molecule has 0 spiro atoms. The van der Waals surface area contributed by atoms with Crippen LogP contribution in [0, 0.1) is 0 Å². The zero-order valence-electron chi connectivity index (χ0n) is 12.6. The lowest BCUT2D eigenvalue weighted by molar-refractivity contribution is -0.286. The Morgan fingerprint density at radius 2 is 1.91 bits per heavy atom. The van der Waals surface area contributed by atoms with Gasteiger partial charge in [0.25, 0.3) is 0 Å². The highest BCUT2D eigenvalue weighted by Crippen LogP contribution is 2.41. The van der Waals surface area contributed by atoms with Crippen LogP contribution in [0.15, 0.2) is 18.2 Å². The Kier molecular flexibility index (Phi) is 4.19. The normalized spacial score (nSPS) is 21.5. The largest absolute Gasteiger partial charge is 0.586 e. The van der Waals surface area contributed by atoms with Crippen LogP contribution in [0.5, 0.6) is 11.5 Å². The molecule has 3 rings (SSSR count). The van der Waals surface area contributed by atoms with E-state index in [0.29, 0.717) is 6.54 Å². The first-order valence-electron chi connectivity index (χ1n) is 7.29. The van der Waals surface area contributed by atoms with Gasteiger partial charge < -0.3 is 9.47 Å². The highest BCUT2D eigenvalue weighted by atomic mass is 32.2. The number of benzene rings is 1. The third kappa shape index (κ3) is 4.30. The van der Waals surface area contributed by atoms with Gasteiger partial charge >= 0.3 is 6.29 Å². The maximum atomic E-state index is 13.0. The maximum absolute atomic E-state index is 13.0. The van der Waals surface area contributed by atoms with Crippen LogP contribution in [-0.4, -0.2) is 45.0 Å². The molecular weight excluding hydrogens is 330 g/mol. The summed E-state index contributed by atoms with van der Waals surface area (Å²) in [5.74, 6) is 0.0796. The molecule has 6 nitrogen and oxygen atoms in total. The smallest absolute Gasteiger partial charge is 0.395 e. The Morgan fingerprint density at radius 1 is 1.26 bits per heavy atom. The Morgan fingerprint density at radius 3 is 2.57 bits per heavy atom. The predicted molar refractivity (Wildman–Crippen MR) is 78.9 cm³/mol. The fraction of sp³-hybridized carbons (Fsp3) is 0.571. The van der Waals surface area contributed by atoms with Gasteiger partial charge in [-0.05, 0) is 30.5 Å². The minimum Gasteiger partial charge on any atom is -0.395 e. The molecule has 23 heavy (non-hydrogen) atoms. The highest BCUT2D eigenvalue weighted by molar-refractivity contribution is 7.88. The molecule has 0 unspecified atom stereocenters. The lowest BCUT2D eigenvalue weighted by Gasteiger charge is -2.31. The van der Waals surface area contributed by atoms with Crippen molar-refractivity contribution in [3.8, 4) is 11.5 Å². The van der Waals surface area contributed by atoms with Crippen LogP contribution in [0.25, 0.3) is 0 Å². The Labute approximate surface area is 133 Å².